The van der Waals surface area contributed by atoms with E-state index in [0.717, 1.165) is 25.7 Å². The van der Waals surface area contributed by atoms with Crippen molar-refractivity contribution in [3.63, 3.8) is 0 Å². The van der Waals surface area contributed by atoms with Gasteiger partial charge in [-0.25, -0.2) is 0 Å². The minimum Gasteiger partial charge on any atom is -0.378 e. The number of ether oxygens (including phenoxy) is 2. The van der Waals surface area contributed by atoms with Gasteiger partial charge in [0.2, 0.25) is 0 Å². The zero-order valence-corrected chi connectivity index (χ0v) is 6.84. The molecule has 1 aliphatic heterocycles. The summed E-state index contributed by atoms with van der Waals surface area (Å²) in [5.74, 6) is 0. The second-order valence-corrected chi connectivity index (χ2v) is 2.77. The Kier molecular flexibility index (Phi) is 3.02. The Morgan fingerprint density at radius 1 is 1.73 bits per heavy atom. The minimum absolute atomic E-state index is 0.421. The summed E-state index contributed by atoms with van der Waals surface area (Å²) >= 11 is 0. The van der Waals surface area contributed by atoms with E-state index in [1.165, 1.54) is 0 Å². The second-order valence-electron chi connectivity index (χ2n) is 2.77. The quantitative estimate of drug-likeness (QED) is 0.569. The SMILES string of the molecule is CCOC1(C=O)CCCOC1. The van der Waals surface area contributed by atoms with Crippen molar-refractivity contribution in [3.8, 4) is 0 Å². The zero-order valence-electron chi connectivity index (χ0n) is 6.84. The molecule has 0 aromatic heterocycles. The first-order chi connectivity index (χ1) is 5.33. The molecule has 11 heavy (non-hydrogen) atoms. The Labute approximate surface area is 66.7 Å². The third-order valence-electron chi connectivity index (χ3n) is 1.88. The molecule has 0 bridgehead atoms. The van der Waals surface area contributed by atoms with Crippen molar-refractivity contribution in [1.29, 1.82) is 0 Å². The van der Waals surface area contributed by atoms with Crippen LogP contribution in [0.15, 0.2) is 0 Å². The highest BCUT2D eigenvalue weighted by molar-refractivity contribution is 5.62. The van der Waals surface area contributed by atoms with Gasteiger partial charge in [-0.1, -0.05) is 0 Å². The van der Waals surface area contributed by atoms with E-state index in [-0.39, 0.29) is 0 Å². The van der Waals surface area contributed by atoms with Crippen LogP contribution in [0.1, 0.15) is 19.8 Å². The molecule has 0 radical (unpaired) electrons. The summed E-state index contributed by atoms with van der Waals surface area (Å²) in [6.45, 7) is 3.63. The fraction of sp³-hybridized carbons (Fsp3) is 0.875. The maximum Gasteiger partial charge on any atom is 0.154 e. The van der Waals surface area contributed by atoms with Crippen LogP contribution in [-0.2, 0) is 14.3 Å². The second kappa shape index (κ2) is 3.83. The number of aldehydes is 1. The lowest BCUT2D eigenvalue weighted by Gasteiger charge is -2.31. The maximum atomic E-state index is 10.7. The fourth-order valence-corrected chi connectivity index (χ4v) is 1.32. The van der Waals surface area contributed by atoms with Gasteiger partial charge in [-0.15, -0.1) is 0 Å². The molecule has 1 rings (SSSR count). The van der Waals surface area contributed by atoms with Gasteiger partial charge >= 0.3 is 0 Å². The van der Waals surface area contributed by atoms with Crippen LogP contribution < -0.4 is 0 Å². The van der Waals surface area contributed by atoms with Crippen molar-refractivity contribution in [2.24, 2.45) is 0 Å². The van der Waals surface area contributed by atoms with E-state index >= 15 is 0 Å². The molecule has 0 aliphatic carbocycles. The highest BCUT2D eigenvalue weighted by Crippen LogP contribution is 2.20. The number of carbonyl (C=O) groups excluding carboxylic acids is 1. The number of hydrogen-bond donors (Lipinski definition) is 0. The average Bonchev–Trinajstić information content (AvgIpc) is 2.07. The van der Waals surface area contributed by atoms with Crippen LogP contribution in [0.2, 0.25) is 0 Å². The van der Waals surface area contributed by atoms with Crippen molar-refractivity contribution in [2.75, 3.05) is 19.8 Å². The summed E-state index contributed by atoms with van der Waals surface area (Å²) < 4.78 is 10.5. The van der Waals surface area contributed by atoms with E-state index in [9.17, 15) is 4.79 Å². The normalized spacial score (nSPS) is 31.7. The Morgan fingerprint density at radius 3 is 3.00 bits per heavy atom. The lowest BCUT2D eigenvalue weighted by Crippen LogP contribution is -2.43. The molecule has 3 heteroatoms. The molecule has 64 valence electrons. The molecule has 1 unspecified atom stereocenters. The van der Waals surface area contributed by atoms with E-state index in [4.69, 9.17) is 9.47 Å². The van der Waals surface area contributed by atoms with Crippen LogP contribution in [0.25, 0.3) is 0 Å². The Hall–Kier alpha value is -0.410. The highest BCUT2D eigenvalue weighted by atomic mass is 16.5. The first kappa shape index (κ1) is 8.68. The van der Waals surface area contributed by atoms with Gasteiger partial charge in [0.05, 0.1) is 6.61 Å². The van der Waals surface area contributed by atoms with Gasteiger partial charge in [-0.2, -0.15) is 0 Å². The number of carbonyl (C=O) groups is 1. The summed E-state index contributed by atoms with van der Waals surface area (Å²) in [5, 5.41) is 0. The zero-order chi connectivity index (χ0) is 8.16. The smallest absolute Gasteiger partial charge is 0.154 e. The molecule has 0 amide bonds. The lowest BCUT2D eigenvalue weighted by atomic mass is 9.98. The third kappa shape index (κ3) is 2.01. The molecule has 0 aromatic rings. The monoisotopic (exact) mass is 158 g/mol. The van der Waals surface area contributed by atoms with Crippen molar-refractivity contribution in [1.82, 2.24) is 0 Å². The van der Waals surface area contributed by atoms with Crippen molar-refractivity contribution < 1.29 is 14.3 Å². The molecular weight excluding hydrogens is 144 g/mol. The summed E-state index contributed by atoms with van der Waals surface area (Å²) in [4.78, 5) is 10.7. The van der Waals surface area contributed by atoms with Crippen LogP contribution >= 0.6 is 0 Å². The van der Waals surface area contributed by atoms with Crippen LogP contribution in [0.4, 0.5) is 0 Å². The van der Waals surface area contributed by atoms with Gasteiger partial charge in [-0.05, 0) is 19.8 Å². The predicted octanol–water partition coefficient (Wildman–Crippen LogP) is 0.771. The van der Waals surface area contributed by atoms with Crippen molar-refractivity contribution in [2.45, 2.75) is 25.4 Å². The Balaban J connectivity index is 2.49. The van der Waals surface area contributed by atoms with E-state index in [2.05, 4.69) is 0 Å². The fourth-order valence-electron chi connectivity index (χ4n) is 1.32. The van der Waals surface area contributed by atoms with Gasteiger partial charge in [0.25, 0.3) is 0 Å². The Morgan fingerprint density at radius 2 is 2.55 bits per heavy atom. The van der Waals surface area contributed by atoms with Crippen LogP contribution in [-0.4, -0.2) is 31.7 Å². The number of rotatable bonds is 3. The van der Waals surface area contributed by atoms with Gasteiger partial charge in [0.15, 0.2) is 6.29 Å². The first-order valence-corrected chi connectivity index (χ1v) is 4.01. The summed E-state index contributed by atoms with van der Waals surface area (Å²) in [6, 6.07) is 0. The van der Waals surface area contributed by atoms with E-state index < -0.39 is 5.60 Å². The van der Waals surface area contributed by atoms with Crippen LogP contribution in [0, 0.1) is 0 Å². The molecule has 0 N–H and O–H groups in total. The molecule has 1 saturated heterocycles. The Bertz CT molecular complexity index is 122. The third-order valence-corrected chi connectivity index (χ3v) is 1.88. The predicted molar refractivity (Wildman–Crippen MR) is 40.5 cm³/mol. The summed E-state index contributed by atoms with van der Waals surface area (Å²) in [6.07, 6.45) is 2.58. The van der Waals surface area contributed by atoms with E-state index in [1.807, 2.05) is 6.92 Å². The molecule has 0 saturated carbocycles. The van der Waals surface area contributed by atoms with Crippen LogP contribution in [0.3, 0.4) is 0 Å². The van der Waals surface area contributed by atoms with Crippen molar-refractivity contribution >= 4 is 6.29 Å². The molecule has 0 spiro atoms. The molecule has 1 atom stereocenters. The molecule has 0 aromatic carbocycles. The van der Waals surface area contributed by atoms with Gasteiger partial charge in [0.1, 0.15) is 5.60 Å². The molecule has 1 aliphatic rings. The molecule has 1 fully saturated rings. The first-order valence-electron chi connectivity index (χ1n) is 4.01. The van der Waals surface area contributed by atoms with Crippen LogP contribution in [0.5, 0.6) is 0 Å². The maximum absolute atomic E-state index is 10.7. The van der Waals surface area contributed by atoms with Gasteiger partial charge in [-0.3, -0.25) is 0 Å². The van der Waals surface area contributed by atoms with E-state index in [0.29, 0.717) is 13.2 Å². The minimum atomic E-state index is -0.632. The summed E-state index contributed by atoms with van der Waals surface area (Å²) in [7, 11) is 0. The largest absolute Gasteiger partial charge is 0.378 e. The lowest BCUT2D eigenvalue weighted by molar-refractivity contribution is -0.150. The summed E-state index contributed by atoms with van der Waals surface area (Å²) in [5.41, 5.74) is -0.632. The highest BCUT2D eigenvalue weighted by Gasteiger charge is 2.32. The van der Waals surface area contributed by atoms with Gasteiger partial charge in [0, 0.05) is 13.2 Å². The standard InChI is InChI=1S/C8H14O3/c1-2-11-8(6-9)4-3-5-10-7-8/h6H,2-5,7H2,1H3. The molecule has 1 heterocycles. The molecular formula is C8H14O3. The number of hydrogen-bond acceptors (Lipinski definition) is 3. The van der Waals surface area contributed by atoms with Gasteiger partial charge < -0.3 is 14.3 Å². The van der Waals surface area contributed by atoms with E-state index in [1.54, 1.807) is 0 Å². The van der Waals surface area contributed by atoms with Crippen molar-refractivity contribution in [3.05, 3.63) is 0 Å². The average molecular weight is 158 g/mol. The molecule has 3 nitrogen and oxygen atoms in total. The topological polar surface area (TPSA) is 35.5 Å².